The number of hydrogen-bond acceptors (Lipinski definition) is 4. The molecule has 0 aromatic heterocycles. The molecule has 40 heavy (non-hydrogen) atoms. The van der Waals surface area contributed by atoms with Gasteiger partial charge in [0.25, 0.3) is 10.0 Å². The number of hydrogen-bond donors (Lipinski definition) is 1. The summed E-state index contributed by atoms with van der Waals surface area (Å²) >= 11 is 6.04. The summed E-state index contributed by atoms with van der Waals surface area (Å²) in [5, 5.41) is 3.57. The Morgan fingerprint density at radius 3 is 2.23 bits per heavy atom. The largest absolute Gasteiger partial charge is 0.352 e. The third-order valence-electron chi connectivity index (χ3n) is 7.12. The number of nitrogens with zero attached hydrogens (tertiary/aromatic N) is 2. The van der Waals surface area contributed by atoms with Crippen LogP contribution in [0.4, 0.5) is 10.1 Å². The fourth-order valence-corrected chi connectivity index (χ4v) is 6.39. The van der Waals surface area contributed by atoms with Gasteiger partial charge in [-0.05, 0) is 61.7 Å². The summed E-state index contributed by atoms with van der Waals surface area (Å²) in [5.41, 5.74) is 0.448. The third kappa shape index (κ3) is 7.20. The number of sulfonamides is 1. The minimum Gasteiger partial charge on any atom is -0.352 e. The molecule has 1 fully saturated rings. The molecule has 10 heteroatoms. The minimum atomic E-state index is -4.32. The van der Waals surface area contributed by atoms with E-state index in [1.165, 1.54) is 35.2 Å². The van der Waals surface area contributed by atoms with E-state index < -0.39 is 34.3 Å². The predicted molar refractivity (Wildman–Crippen MR) is 154 cm³/mol. The molecular weight excluding hydrogens is 553 g/mol. The first-order chi connectivity index (χ1) is 19.2. The number of amides is 2. The van der Waals surface area contributed by atoms with Crippen LogP contribution in [-0.2, 0) is 26.2 Å². The van der Waals surface area contributed by atoms with Crippen molar-refractivity contribution in [1.82, 2.24) is 10.2 Å². The van der Waals surface area contributed by atoms with Crippen molar-refractivity contribution in [3.63, 3.8) is 0 Å². The fourth-order valence-electron chi connectivity index (χ4n) is 4.82. The first-order valence-corrected chi connectivity index (χ1v) is 15.1. The number of para-hydroxylation sites is 1. The number of benzene rings is 3. The second-order valence-electron chi connectivity index (χ2n) is 9.94. The van der Waals surface area contributed by atoms with Crippen molar-refractivity contribution in [3.05, 3.63) is 95.3 Å². The van der Waals surface area contributed by atoms with Crippen molar-refractivity contribution in [3.8, 4) is 0 Å². The monoisotopic (exact) mass is 585 g/mol. The van der Waals surface area contributed by atoms with Gasteiger partial charge in [-0.3, -0.25) is 13.9 Å². The molecule has 1 saturated carbocycles. The Labute approximate surface area is 240 Å². The molecule has 3 aromatic carbocycles. The second-order valence-corrected chi connectivity index (χ2v) is 12.2. The van der Waals surface area contributed by atoms with Crippen molar-refractivity contribution >= 4 is 39.1 Å². The van der Waals surface area contributed by atoms with Crippen LogP contribution in [0.5, 0.6) is 0 Å². The van der Waals surface area contributed by atoms with Gasteiger partial charge >= 0.3 is 0 Å². The van der Waals surface area contributed by atoms with E-state index in [1.54, 1.807) is 49.4 Å². The highest BCUT2D eigenvalue weighted by molar-refractivity contribution is 7.92. The van der Waals surface area contributed by atoms with Crippen molar-refractivity contribution in [2.45, 2.75) is 62.6 Å². The Morgan fingerprint density at radius 1 is 0.950 bits per heavy atom. The normalized spacial score (nSPS) is 14.8. The fraction of sp³-hybridized carbons (Fsp3) is 0.333. The molecule has 1 N–H and O–H groups in total. The van der Waals surface area contributed by atoms with Crippen molar-refractivity contribution in [2.75, 3.05) is 10.8 Å². The van der Waals surface area contributed by atoms with Crippen LogP contribution < -0.4 is 9.62 Å². The molecule has 3 aromatic rings. The van der Waals surface area contributed by atoms with E-state index in [9.17, 15) is 22.4 Å². The topological polar surface area (TPSA) is 86.8 Å². The number of anilines is 1. The smallest absolute Gasteiger partial charge is 0.264 e. The lowest BCUT2D eigenvalue weighted by molar-refractivity contribution is -0.139. The number of carbonyl (C=O) groups is 2. The zero-order valence-corrected chi connectivity index (χ0v) is 23.9. The Morgan fingerprint density at radius 2 is 1.57 bits per heavy atom. The molecule has 0 bridgehead atoms. The second kappa shape index (κ2) is 13.3. The molecule has 1 aliphatic carbocycles. The molecule has 0 saturated heterocycles. The number of carbonyl (C=O) groups excluding carboxylic acids is 2. The standard InChI is InChI=1S/C30H33ClFN3O4S/c1-22(30(37)33-25-10-4-2-5-11-25)34(20-23-16-18-24(31)19-17-23)29(36)21-35(28-15-9-8-14-27(28)32)40(38,39)26-12-6-3-7-13-26/h3,6-9,12-19,22,25H,2,4-5,10-11,20-21H2,1H3,(H,33,37)/t22-/m0/s1. The molecule has 1 aliphatic rings. The average molecular weight is 586 g/mol. The van der Waals surface area contributed by atoms with Crippen LogP contribution >= 0.6 is 11.6 Å². The molecular formula is C30H33ClFN3O4S. The molecule has 0 unspecified atom stereocenters. The average Bonchev–Trinajstić information content (AvgIpc) is 2.96. The van der Waals surface area contributed by atoms with Gasteiger partial charge in [0.15, 0.2) is 0 Å². The first kappa shape index (κ1) is 29.6. The zero-order chi connectivity index (χ0) is 28.7. The molecule has 1 atom stereocenters. The Balaban J connectivity index is 1.67. The quantitative estimate of drug-likeness (QED) is 0.338. The maximum Gasteiger partial charge on any atom is 0.264 e. The summed E-state index contributed by atoms with van der Waals surface area (Å²) < 4.78 is 43.1. The molecule has 0 spiro atoms. The highest BCUT2D eigenvalue weighted by Gasteiger charge is 2.34. The lowest BCUT2D eigenvalue weighted by Gasteiger charge is -2.33. The van der Waals surface area contributed by atoms with E-state index in [4.69, 9.17) is 11.6 Å². The lowest BCUT2D eigenvalue weighted by Crippen LogP contribution is -2.53. The van der Waals surface area contributed by atoms with Gasteiger partial charge < -0.3 is 10.2 Å². The van der Waals surface area contributed by atoms with Gasteiger partial charge in [-0.25, -0.2) is 12.8 Å². The van der Waals surface area contributed by atoms with E-state index in [0.717, 1.165) is 42.5 Å². The SMILES string of the molecule is C[C@@H](C(=O)NC1CCCCC1)N(Cc1ccc(Cl)cc1)C(=O)CN(c1ccccc1F)S(=O)(=O)c1ccccc1. The molecule has 2 amide bonds. The molecule has 7 nitrogen and oxygen atoms in total. The summed E-state index contributed by atoms with van der Waals surface area (Å²) in [6, 6.07) is 18.9. The van der Waals surface area contributed by atoms with E-state index in [-0.39, 0.29) is 29.1 Å². The van der Waals surface area contributed by atoms with Crippen LogP contribution in [0, 0.1) is 5.82 Å². The zero-order valence-electron chi connectivity index (χ0n) is 22.3. The Bertz CT molecular complexity index is 1410. The minimum absolute atomic E-state index is 0.0320. The van der Waals surface area contributed by atoms with Crippen LogP contribution in [0.25, 0.3) is 0 Å². The number of nitrogens with one attached hydrogen (secondary N) is 1. The van der Waals surface area contributed by atoms with Crippen LogP contribution in [0.1, 0.15) is 44.6 Å². The highest BCUT2D eigenvalue weighted by Crippen LogP contribution is 2.27. The van der Waals surface area contributed by atoms with Gasteiger partial charge in [-0.2, -0.15) is 0 Å². The summed E-state index contributed by atoms with van der Waals surface area (Å²) in [6.07, 6.45) is 4.94. The maximum absolute atomic E-state index is 15.0. The van der Waals surface area contributed by atoms with E-state index in [0.29, 0.717) is 10.6 Å². The summed E-state index contributed by atoms with van der Waals surface area (Å²) in [4.78, 5) is 28.5. The van der Waals surface area contributed by atoms with Crippen molar-refractivity contribution < 1.29 is 22.4 Å². The van der Waals surface area contributed by atoms with Gasteiger partial charge in [0.1, 0.15) is 18.4 Å². The van der Waals surface area contributed by atoms with Crippen LogP contribution in [-0.4, -0.2) is 43.8 Å². The summed E-state index contributed by atoms with van der Waals surface area (Å²) in [6.45, 7) is 0.948. The molecule has 4 rings (SSSR count). The summed E-state index contributed by atoms with van der Waals surface area (Å²) in [7, 11) is -4.32. The van der Waals surface area contributed by atoms with Crippen LogP contribution in [0.3, 0.4) is 0 Å². The summed E-state index contributed by atoms with van der Waals surface area (Å²) in [5.74, 6) is -1.76. The first-order valence-electron chi connectivity index (χ1n) is 13.3. The van der Waals surface area contributed by atoms with E-state index >= 15 is 0 Å². The lowest BCUT2D eigenvalue weighted by atomic mass is 9.95. The predicted octanol–water partition coefficient (Wildman–Crippen LogP) is 5.54. The molecule has 0 radical (unpaired) electrons. The Kier molecular flexibility index (Phi) is 9.81. The van der Waals surface area contributed by atoms with Crippen molar-refractivity contribution in [2.24, 2.45) is 0 Å². The number of rotatable bonds is 10. The van der Waals surface area contributed by atoms with E-state index in [1.807, 2.05) is 0 Å². The molecule has 212 valence electrons. The van der Waals surface area contributed by atoms with E-state index in [2.05, 4.69) is 5.32 Å². The van der Waals surface area contributed by atoms with Gasteiger partial charge in [0, 0.05) is 17.6 Å². The van der Waals surface area contributed by atoms with Crippen LogP contribution in [0.2, 0.25) is 5.02 Å². The van der Waals surface area contributed by atoms with Gasteiger partial charge in [0.05, 0.1) is 10.6 Å². The number of halogens is 2. The third-order valence-corrected chi connectivity index (χ3v) is 9.14. The maximum atomic E-state index is 15.0. The Hall–Kier alpha value is -3.43. The molecule has 0 aliphatic heterocycles. The van der Waals surface area contributed by atoms with Gasteiger partial charge in [0.2, 0.25) is 11.8 Å². The molecule has 0 heterocycles. The van der Waals surface area contributed by atoms with Crippen LogP contribution in [0.15, 0.2) is 83.8 Å². The van der Waals surface area contributed by atoms with Crippen molar-refractivity contribution in [1.29, 1.82) is 0 Å². The van der Waals surface area contributed by atoms with Gasteiger partial charge in [-0.1, -0.05) is 73.3 Å². The highest BCUT2D eigenvalue weighted by atomic mass is 35.5. The van der Waals surface area contributed by atoms with Gasteiger partial charge in [-0.15, -0.1) is 0 Å².